The summed E-state index contributed by atoms with van der Waals surface area (Å²) < 4.78 is 4.65. The van der Waals surface area contributed by atoms with E-state index in [-0.39, 0.29) is 0 Å². The van der Waals surface area contributed by atoms with E-state index in [1.54, 1.807) is 0 Å². The van der Waals surface area contributed by atoms with Crippen LogP contribution < -0.4 is 0 Å². The van der Waals surface area contributed by atoms with Crippen molar-refractivity contribution in [3.63, 3.8) is 0 Å². The summed E-state index contributed by atoms with van der Waals surface area (Å²) in [7, 11) is 1.27. The molecule has 0 amide bonds. The van der Waals surface area contributed by atoms with Crippen molar-refractivity contribution < 1.29 is 24.3 Å². The Bertz CT molecular complexity index is 165. The van der Waals surface area contributed by atoms with Crippen LogP contribution in [-0.4, -0.2) is 19.4 Å². The highest BCUT2D eigenvalue weighted by Crippen LogP contribution is 1.99. The third-order valence-corrected chi connectivity index (χ3v) is 0.864. The average Bonchev–Trinajstić information content (AvgIpc) is 2.00. The van der Waals surface area contributed by atoms with Gasteiger partial charge in [0.25, 0.3) is 0 Å². The lowest BCUT2D eigenvalue weighted by Crippen LogP contribution is -2.18. The largest absolute Gasteiger partial charge is 0.430 e. The van der Waals surface area contributed by atoms with Crippen LogP contribution in [-0.2, 0) is 24.3 Å². The van der Waals surface area contributed by atoms with E-state index in [1.807, 2.05) is 0 Å². The van der Waals surface area contributed by atoms with Gasteiger partial charge in [0, 0.05) is 12.5 Å². The van der Waals surface area contributed by atoms with E-state index >= 15 is 0 Å². The molecule has 0 spiro atoms. The molecule has 0 N–H and O–H groups in total. The number of rotatable bonds is 5. The summed E-state index contributed by atoms with van der Waals surface area (Å²) in [6.45, 7) is 6.41. The number of carbonyl (C=O) groups is 1. The molecular weight excluding hydrogens is 164 g/mol. The van der Waals surface area contributed by atoms with Crippen LogP contribution in [0.1, 0.15) is 13.8 Å². The van der Waals surface area contributed by atoms with E-state index in [0.29, 0.717) is 5.57 Å². The quantitative estimate of drug-likeness (QED) is 0.205. The summed E-state index contributed by atoms with van der Waals surface area (Å²) >= 11 is 0. The predicted octanol–water partition coefficient (Wildman–Crippen LogP) is 0.961. The Morgan fingerprint density at radius 2 is 2.08 bits per heavy atom. The zero-order chi connectivity index (χ0) is 9.56. The number of ether oxygens (including phenoxy) is 1. The predicted molar refractivity (Wildman–Crippen MR) is 39.5 cm³/mol. The maximum Gasteiger partial charge on any atom is 0.335 e. The van der Waals surface area contributed by atoms with Crippen LogP contribution >= 0.6 is 0 Å². The first-order valence-electron chi connectivity index (χ1n) is 3.30. The van der Waals surface area contributed by atoms with Gasteiger partial charge in [0.15, 0.2) is 0 Å². The van der Waals surface area contributed by atoms with Gasteiger partial charge in [-0.1, -0.05) is 11.6 Å². The van der Waals surface area contributed by atoms with Crippen molar-refractivity contribution in [1.29, 1.82) is 0 Å². The van der Waals surface area contributed by atoms with Gasteiger partial charge >= 0.3 is 5.97 Å². The highest BCUT2D eigenvalue weighted by atomic mass is 17.5. The maximum absolute atomic E-state index is 10.8. The molecule has 0 saturated carbocycles. The molecule has 0 fully saturated rings. The van der Waals surface area contributed by atoms with E-state index in [4.69, 9.17) is 0 Å². The van der Waals surface area contributed by atoms with Crippen LogP contribution in [0, 0.1) is 0 Å². The van der Waals surface area contributed by atoms with Crippen LogP contribution in [0.4, 0.5) is 0 Å². The molecule has 0 aromatic rings. The molecule has 0 rings (SSSR count). The Labute approximate surface area is 70.7 Å². The second-order valence-corrected chi connectivity index (χ2v) is 2.08. The Hall–Kier alpha value is -0.910. The van der Waals surface area contributed by atoms with Crippen molar-refractivity contribution in [3.05, 3.63) is 12.2 Å². The first-order valence-corrected chi connectivity index (χ1v) is 3.30. The van der Waals surface area contributed by atoms with Crippen LogP contribution in [0.15, 0.2) is 12.2 Å². The van der Waals surface area contributed by atoms with Crippen molar-refractivity contribution >= 4 is 5.97 Å². The van der Waals surface area contributed by atoms with E-state index in [1.165, 1.54) is 21.0 Å². The summed E-state index contributed by atoms with van der Waals surface area (Å²) in [6, 6.07) is 0. The summed E-state index contributed by atoms with van der Waals surface area (Å²) in [5.41, 5.74) is 0.294. The van der Waals surface area contributed by atoms with Crippen molar-refractivity contribution in [3.8, 4) is 0 Å². The minimum atomic E-state index is -0.825. The molecule has 0 heterocycles. The van der Waals surface area contributed by atoms with Crippen LogP contribution in [0.3, 0.4) is 0 Å². The van der Waals surface area contributed by atoms with Gasteiger partial charge in [-0.15, -0.1) is 0 Å². The molecule has 1 unspecified atom stereocenters. The maximum atomic E-state index is 10.8. The zero-order valence-corrected chi connectivity index (χ0v) is 7.33. The van der Waals surface area contributed by atoms with Gasteiger partial charge in [-0.25, -0.2) is 9.68 Å². The molecule has 70 valence electrons. The van der Waals surface area contributed by atoms with Gasteiger partial charge in [-0.3, -0.25) is 0 Å². The minimum absolute atomic E-state index is 0.294. The van der Waals surface area contributed by atoms with Gasteiger partial charge in [-0.2, -0.15) is 4.89 Å². The Morgan fingerprint density at radius 3 is 2.50 bits per heavy atom. The molecule has 5 heteroatoms. The summed E-state index contributed by atoms with van der Waals surface area (Å²) in [5.74, 6) is -0.540. The number of hydrogen-bond acceptors (Lipinski definition) is 5. The smallest absolute Gasteiger partial charge is 0.335 e. The van der Waals surface area contributed by atoms with Gasteiger partial charge in [0.05, 0.1) is 7.11 Å². The van der Waals surface area contributed by atoms with Crippen molar-refractivity contribution in [2.75, 3.05) is 7.11 Å². The van der Waals surface area contributed by atoms with Gasteiger partial charge in [0.1, 0.15) is 0 Å². The lowest BCUT2D eigenvalue weighted by Gasteiger charge is -2.10. The molecule has 0 saturated heterocycles. The van der Waals surface area contributed by atoms with E-state index in [0.717, 1.165) is 0 Å². The number of esters is 1. The number of hydrogen-bond donors (Lipinski definition) is 0. The highest BCUT2D eigenvalue weighted by molar-refractivity contribution is 5.86. The first-order chi connectivity index (χ1) is 5.57. The van der Waals surface area contributed by atoms with Crippen LogP contribution in [0.25, 0.3) is 0 Å². The molecule has 0 aromatic heterocycles. The van der Waals surface area contributed by atoms with Crippen LogP contribution in [0.5, 0.6) is 0 Å². The topological polar surface area (TPSA) is 54.0 Å². The van der Waals surface area contributed by atoms with E-state index in [2.05, 4.69) is 26.1 Å². The summed E-state index contributed by atoms with van der Waals surface area (Å²) in [6.07, 6.45) is -0.825. The Balaban J connectivity index is 3.61. The van der Waals surface area contributed by atoms with Gasteiger partial charge < -0.3 is 4.74 Å². The molecule has 0 bridgehead atoms. The second kappa shape index (κ2) is 5.70. The Morgan fingerprint density at radius 1 is 1.50 bits per heavy atom. The fraction of sp³-hybridized carbons (Fsp3) is 0.571. The van der Waals surface area contributed by atoms with Crippen molar-refractivity contribution in [2.45, 2.75) is 20.1 Å². The average molecular weight is 176 g/mol. The fourth-order valence-corrected chi connectivity index (χ4v) is 0.366. The molecule has 0 aliphatic heterocycles. The first kappa shape index (κ1) is 11.1. The van der Waals surface area contributed by atoms with Crippen molar-refractivity contribution in [1.82, 2.24) is 0 Å². The second-order valence-electron chi connectivity index (χ2n) is 2.08. The van der Waals surface area contributed by atoms with E-state index < -0.39 is 12.3 Å². The monoisotopic (exact) mass is 176 g/mol. The van der Waals surface area contributed by atoms with Crippen LogP contribution in [0.2, 0.25) is 0 Å². The highest BCUT2D eigenvalue weighted by Gasteiger charge is 2.10. The molecule has 0 aliphatic carbocycles. The van der Waals surface area contributed by atoms with E-state index in [9.17, 15) is 4.79 Å². The van der Waals surface area contributed by atoms with Gasteiger partial charge in [-0.05, 0) is 6.92 Å². The molecule has 1 atom stereocenters. The normalized spacial score (nSPS) is 12.2. The molecule has 0 aliphatic rings. The standard InChI is InChI=1S/C7H12O5/c1-5(2)7(8)10-6(3)11-12-9-4/h6H,1H2,2-4H3. The van der Waals surface area contributed by atoms with Crippen molar-refractivity contribution in [2.24, 2.45) is 0 Å². The minimum Gasteiger partial charge on any atom is -0.430 e. The fourth-order valence-electron chi connectivity index (χ4n) is 0.366. The SMILES string of the molecule is C=C(C)C(=O)OC(C)OOOC. The lowest BCUT2D eigenvalue weighted by molar-refractivity contribution is -0.532. The zero-order valence-electron chi connectivity index (χ0n) is 7.33. The molecule has 0 radical (unpaired) electrons. The molecular formula is C7H12O5. The third-order valence-electron chi connectivity index (χ3n) is 0.864. The third kappa shape index (κ3) is 4.84. The van der Waals surface area contributed by atoms with Gasteiger partial charge in [0.2, 0.25) is 6.29 Å². The molecule has 12 heavy (non-hydrogen) atoms. The molecule has 0 aromatic carbocycles. The summed E-state index contributed by atoms with van der Waals surface area (Å²) in [5, 5.41) is 4.07. The molecule has 5 nitrogen and oxygen atoms in total. The Kier molecular flexibility index (Phi) is 5.27. The lowest BCUT2D eigenvalue weighted by atomic mass is 10.4. The number of carbonyl (C=O) groups excluding carboxylic acids is 1. The summed E-state index contributed by atoms with van der Waals surface area (Å²) in [4.78, 5) is 19.3.